The van der Waals surface area contributed by atoms with E-state index >= 15 is 0 Å². The molecule has 0 radical (unpaired) electrons. The fourth-order valence-corrected chi connectivity index (χ4v) is 3.25. The average molecular weight is 373 g/mol. The normalized spacial score (nSPS) is 16.2. The molecule has 1 aromatic carbocycles. The lowest BCUT2D eigenvalue weighted by Gasteiger charge is -2.34. The fourth-order valence-electron chi connectivity index (χ4n) is 2.87. The summed E-state index contributed by atoms with van der Waals surface area (Å²) in [7, 11) is 2.17. The van der Waals surface area contributed by atoms with E-state index in [1.165, 1.54) is 12.0 Å². The molecule has 3 heterocycles. The number of hydrogen-bond acceptors (Lipinski definition) is 5. The summed E-state index contributed by atoms with van der Waals surface area (Å²) >= 11 is 3.43. The highest BCUT2D eigenvalue weighted by Crippen LogP contribution is 2.31. The number of aromatic nitrogens is 2. The number of benzene rings is 1. The molecule has 0 spiro atoms. The van der Waals surface area contributed by atoms with Crippen molar-refractivity contribution in [3.63, 3.8) is 0 Å². The Hall–Kier alpha value is -1.92. The standard InChI is InChI=1S/C17H17BrN4O/c1-21-6-8-22(9-7-21)13-4-2-12(3-5-13)15-10-14-16(18)19-11-20-17(14)23-15/h2-5,10-11H,6-9H2,1H3. The maximum Gasteiger partial charge on any atom is 0.230 e. The first kappa shape index (κ1) is 14.7. The highest BCUT2D eigenvalue weighted by Gasteiger charge is 2.15. The Bertz CT molecular complexity index is 822. The van der Waals surface area contributed by atoms with Crippen molar-refractivity contribution < 1.29 is 4.42 Å². The zero-order valence-electron chi connectivity index (χ0n) is 12.9. The Morgan fingerprint density at radius 1 is 1.04 bits per heavy atom. The molecule has 0 amide bonds. The first-order valence-electron chi connectivity index (χ1n) is 7.65. The third-order valence-corrected chi connectivity index (χ3v) is 4.93. The Morgan fingerprint density at radius 2 is 1.78 bits per heavy atom. The van der Waals surface area contributed by atoms with Gasteiger partial charge in [-0.05, 0) is 53.3 Å². The van der Waals surface area contributed by atoms with Gasteiger partial charge in [0, 0.05) is 37.4 Å². The average Bonchev–Trinajstić information content (AvgIpc) is 3.01. The van der Waals surface area contributed by atoms with Gasteiger partial charge in [0.05, 0.1) is 5.39 Å². The van der Waals surface area contributed by atoms with Gasteiger partial charge < -0.3 is 14.2 Å². The maximum atomic E-state index is 5.83. The zero-order valence-corrected chi connectivity index (χ0v) is 14.5. The van der Waals surface area contributed by atoms with Crippen LogP contribution in [-0.4, -0.2) is 48.1 Å². The van der Waals surface area contributed by atoms with Crippen LogP contribution in [0.1, 0.15) is 0 Å². The van der Waals surface area contributed by atoms with Crippen LogP contribution in [0.25, 0.3) is 22.4 Å². The molecule has 118 valence electrons. The maximum absolute atomic E-state index is 5.83. The molecule has 0 aliphatic carbocycles. The van der Waals surface area contributed by atoms with Gasteiger partial charge in [0.25, 0.3) is 0 Å². The van der Waals surface area contributed by atoms with Crippen LogP contribution in [0.2, 0.25) is 0 Å². The number of anilines is 1. The molecule has 2 aromatic heterocycles. The quantitative estimate of drug-likeness (QED) is 0.645. The van der Waals surface area contributed by atoms with Crippen LogP contribution in [0.3, 0.4) is 0 Å². The number of fused-ring (bicyclic) bond motifs is 1. The van der Waals surface area contributed by atoms with E-state index in [1.54, 1.807) is 0 Å². The molecular weight excluding hydrogens is 356 g/mol. The lowest BCUT2D eigenvalue weighted by atomic mass is 10.1. The van der Waals surface area contributed by atoms with Gasteiger partial charge in [-0.1, -0.05) is 0 Å². The number of furan rings is 1. The molecule has 0 atom stereocenters. The van der Waals surface area contributed by atoms with Crippen LogP contribution < -0.4 is 4.90 Å². The van der Waals surface area contributed by atoms with Crippen molar-refractivity contribution in [2.45, 2.75) is 0 Å². The zero-order chi connectivity index (χ0) is 15.8. The summed E-state index contributed by atoms with van der Waals surface area (Å²) in [5.74, 6) is 0.811. The summed E-state index contributed by atoms with van der Waals surface area (Å²) in [4.78, 5) is 13.1. The minimum atomic E-state index is 0.602. The largest absolute Gasteiger partial charge is 0.438 e. The minimum absolute atomic E-state index is 0.602. The SMILES string of the molecule is CN1CCN(c2ccc(-c3cc4c(Br)ncnc4o3)cc2)CC1. The van der Waals surface area contributed by atoms with E-state index in [0.717, 1.165) is 47.5 Å². The van der Waals surface area contributed by atoms with E-state index in [9.17, 15) is 0 Å². The number of halogens is 1. The van der Waals surface area contributed by atoms with Crippen LogP contribution in [0.4, 0.5) is 5.69 Å². The van der Waals surface area contributed by atoms with Gasteiger partial charge in [-0.2, -0.15) is 0 Å². The van der Waals surface area contributed by atoms with Crippen LogP contribution in [-0.2, 0) is 0 Å². The lowest BCUT2D eigenvalue weighted by Crippen LogP contribution is -2.44. The van der Waals surface area contributed by atoms with E-state index in [2.05, 4.69) is 67.0 Å². The van der Waals surface area contributed by atoms with Gasteiger partial charge in [-0.15, -0.1) is 0 Å². The van der Waals surface area contributed by atoms with E-state index in [0.29, 0.717) is 5.71 Å². The lowest BCUT2D eigenvalue weighted by molar-refractivity contribution is 0.313. The number of rotatable bonds is 2. The van der Waals surface area contributed by atoms with Crippen molar-refractivity contribution in [2.24, 2.45) is 0 Å². The molecule has 4 rings (SSSR count). The van der Waals surface area contributed by atoms with E-state index in [1.807, 2.05) is 6.07 Å². The smallest absolute Gasteiger partial charge is 0.230 e. The Balaban J connectivity index is 1.61. The fraction of sp³-hybridized carbons (Fsp3) is 0.294. The molecule has 0 unspecified atom stereocenters. The molecule has 3 aromatic rings. The van der Waals surface area contributed by atoms with Gasteiger partial charge in [0.2, 0.25) is 5.71 Å². The Kier molecular flexibility index (Phi) is 3.79. The summed E-state index contributed by atoms with van der Waals surface area (Å²) in [5, 5.41) is 0.894. The second kappa shape index (κ2) is 5.94. The summed E-state index contributed by atoms with van der Waals surface area (Å²) in [6, 6.07) is 10.5. The second-order valence-electron chi connectivity index (χ2n) is 5.83. The van der Waals surface area contributed by atoms with Crippen LogP contribution >= 0.6 is 15.9 Å². The second-order valence-corrected chi connectivity index (χ2v) is 6.58. The molecule has 6 heteroatoms. The molecule has 0 N–H and O–H groups in total. The van der Waals surface area contributed by atoms with Gasteiger partial charge in [-0.25, -0.2) is 9.97 Å². The monoisotopic (exact) mass is 372 g/mol. The number of hydrogen-bond donors (Lipinski definition) is 0. The van der Waals surface area contributed by atoms with Gasteiger partial charge in [-0.3, -0.25) is 0 Å². The number of likely N-dealkylation sites (N-methyl/N-ethyl adjacent to an activating group) is 1. The van der Waals surface area contributed by atoms with Crippen LogP contribution in [0.5, 0.6) is 0 Å². The molecule has 0 saturated carbocycles. The van der Waals surface area contributed by atoms with Crippen molar-refractivity contribution >= 4 is 32.7 Å². The first-order valence-corrected chi connectivity index (χ1v) is 8.44. The van der Waals surface area contributed by atoms with Gasteiger partial charge in [0.1, 0.15) is 16.7 Å². The van der Waals surface area contributed by atoms with E-state index < -0.39 is 0 Å². The predicted octanol–water partition coefficient (Wildman–Crippen LogP) is 3.40. The topological polar surface area (TPSA) is 45.4 Å². The number of nitrogens with zero attached hydrogens (tertiary/aromatic N) is 4. The van der Waals surface area contributed by atoms with Crippen molar-refractivity contribution in [3.05, 3.63) is 41.3 Å². The summed E-state index contributed by atoms with van der Waals surface area (Å²) in [5.41, 5.74) is 2.91. The Morgan fingerprint density at radius 3 is 2.48 bits per heavy atom. The molecule has 1 aliphatic rings. The summed E-state index contributed by atoms with van der Waals surface area (Å²) in [6.45, 7) is 4.36. The first-order chi connectivity index (χ1) is 11.2. The number of piperazine rings is 1. The van der Waals surface area contributed by atoms with E-state index in [4.69, 9.17) is 4.42 Å². The van der Waals surface area contributed by atoms with E-state index in [-0.39, 0.29) is 0 Å². The van der Waals surface area contributed by atoms with Crippen molar-refractivity contribution in [3.8, 4) is 11.3 Å². The Labute approximate surface area is 143 Å². The molecule has 1 aliphatic heterocycles. The van der Waals surface area contributed by atoms with Crippen molar-refractivity contribution in [1.82, 2.24) is 14.9 Å². The molecule has 1 fully saturated rings. The highest BCUT2D eigenvalue weighted by molar-refractivity contribution is 9.10. The predicted molar refractivity (Wildman–Crippen MR) is 94.7 cm³/mol. The third kappa shape index (κ3) is 2.84. The third-order valence-electron chi connectivity index (χ3n) is 4.30. The summed E-state index contributed by atoms with van der Waals surface area (Å²) < 4.78 is 6.59. The molecular formula is C17H17BrN4O. The minimum Gasteiger partial charge on any atom is -0.438 e. The van der Waals surface area contributed by atoms with Crippen LogP contribution in [0, 0.1) is 0 Å². The molecule has 23 heavy (non-hydrogen) atoms. The van der Waals surface area contributed by atoms with Gasteiger partial charge in [0.15, 0.2) is 0 Å². The molecule has 0 bridgehead atoms. The summed E-state index contributed by atoms with van der Waals surface area (Å²) in [6.07, 6.45) is 1.50. The van der Waals surface area contributed by atoms with Crippen molar-refractivity contribution in [2.75, 3.05) is 38.1 Å². The molecule has 1 saturated heterocycles. The van der Waals surface area contributed by atoms with Gasteiger partial charge >= 0.3 is 0 Å². The highest BCUT2D eigenvalue weighted by atomic mass is 79.9. The molecule has 5 nitrogen and oxygen atoms in total. The van der Waals surface area contributed by atoms with Crippen molar-refractivity contribution in [1.29, 1.82) is 0 Å². The van der Waals surface area contributed by atoms with Crippen LogP contribution in [0.15, 0.2) is 45.7 Å².